The van der Waals surface area contributed by atoms with Crippen LogP contribution in [0.3, 0.4) is 0 Å². The van der Waals surface area contributed by atoms with Crippen LogP contribution in [0.15, 0.2) is 48.5 Å². The third kappa shape index (κ3) is 5.25. The summed E-state index contributed by atoms with van der Waals surface area (Å²) in [5.41, 5.74) is 3.26. The van der Waals surface area contributed by atoms with Crippen molar-refractivity contribution in [2.24, 2.45) is 5.92 Å². The van der Waals surface area contributed by atoms with Gasteiger partial charge in [-0.25, -0.2) is 4.79 Å². The largest absolute Gasteiger partial charge is 0.423 e. The Bertz CT molecular complexity index is 737. The molecule has 0 aromatic heterocycles. The molecule has 3 rings (SSSR count). The molecule has 2 heteroatoms. The van der Waals surface area contributed by atoms with Gasteiger partial charge < -0.3 is 4.74 Å². The molecular formula is C26H34O2. The second kappa shape index (κ2) is 9.91. The zero-order chi connectivity index (χ0) is 19.9. The molecule has 0 aliphatic heterocycles. The highest BCUT2D eigenvalue weighted by Gasteiger charge is 2.21. The Morgan fingerprint density at radius 3 is 2.18 bits per heavy atom. The lowest BCUT2D eigenvalue weighted by Crippen LogP contribution is -2.12. The third-order valence-corrected chi connectivity index (χ3v) is 6.42. The number of benzene rings is 2. The summed E-state index contributed by atoms with van der Waals surface area (Å²) in [4.78, 5) is 12.5. The maximum Gasteiger partial charge on any atom is 0.343 e. The van der Waals surface area contributed by atoms with Gasteiger partial charge in [0, 0.05) is 0 Å². The van der Waals surface area contributed by atoms with Crippen LogP contribution in [0.5, 0.6) is 5.75 Å². The van der Waals surface area contributed by atoms with Crippen molar-refractivity contribution < 1.29 is 9.53 Å². The Balaban J connectivity index is 1.57. The summed E-state index contributed by atoms with van der Waals surface area (Å²) in [6.07, 6.45) is 8.87. The van der Waals surface area contributed by atoms with Gasteiger partial charge in [-0.15, -0.1) is 0 Å². The first-order chi connectivity index (χ1) is 13.6. The molecule has 1 aliphatic carbocycles. The third-order valence-electron chi connectivity index (χ3n) is 6.42. The van der Waals surface area contributed by atoms with E-state index in [1.165, 1.54) is 49.7 Å². The van der Waals surface area contributed by atoms with Gasteiger partial charge in [0.25, 0.3) is 0 Å². The minimum Gasteiger partial charge on any atom is -0.423 e. The first kappa shape index (κ1) is 20.6. The average Bonchev–Trinajstić information content (AvgIpc) is 2.74. The van der Waals surface area contributed by atoms with Crippen LogP contribution in [0.25, 0.3) is 0 Å². The van der Waals surface area contributed by atoms with Crippen molar-refractivity contribution in [3.8, 4) is 5.75 Å². The Morgan fingerprint density at radius 1 is 0.964 bits per heavy atom. The molecule has 1 unspecified atom stereocenters. The Kier molecular flexibility index (Phi) is 7.30. The maximum atomic E-state index is 12.5. The number of hydrogen-bond donors (Lipinski definition) is 0. The van der Waals surface area contributed by atoms with E-state index in [0.717, 1.165) is 12.3 Å². The standard InChI is InChI=1S/C26H34O2/c1-4-6-19(3)21-11-13-24(14-12-21)26(27)28-25-17-15-23(16-18-25)22-9-7-20(5-2)8-10-22/h11-20,22H,4-10H2,1-3H3. The Labute approximate surface area is 170 Å². The molecule has 1 saturated carbocycles. The van der Waals surface area contributed by atoms with Gasteiger partial charge in [-0.05, 0) is 85.3 Å². The first-order valence-corrected chi connectivity index (χ1v) is 11.0. The zero-order valence-electron chi connectivity index (χ0n) is 17.6. The quantitative estimate of drug-likeness (QED) is 0.368. The number of carbonyl (C=O) groups is 1. The molecule has 0 saturated heterocycles. The van der Waals surface area contributed by atoms with Crippen LogP contribution in [0.1, 0.15) is 99.0 Å². The van der Waals surface area contributed by atoms with Crippen molar-refractivity contribution in [2.45, 2.75) is 77.6 Å². The van der Waals surface area contributed by atoms with E-state index in [2.05, 4.69) is 32.9 Å². The van der Waals surface area contributed by atoms with E-state index in [1.54, 1.807) is 0 Å². The minimum atomic E-state index is -0.286. The predicted octanol–water partition coefficient (Wildman–Crippen LogP) is 7.49. The SMILES string of the molecule is CCCC(C)c1ccc(C(=O)Oc2ccc(C3CCC(CC)CC3)cc2)cc1. The molecule has 0 amide bonds. The molecular weight excluding hydrogens is 344 g/mol. The lowest BCUT2D eigenvalue weighted by Gasteiger charge is -2.28. The van der Waals surface area contributed by atoms with E-state index in [0.29, 0.717) is 23.1 Å². The van der Waals surface area contributed by atoms with Crippen molar-refractivity contribution in [2.75, 3.05) is 0 Å². The summed E-state index contributed by atoms with van der Waals surface area (Å²) in [7, 11) is 0. The van der Waals surface area contributed by atoms with Gasteiger partial charge in [-0.1, -0.05) is 57.9 Å². The van der Waals surface area contributed by atoms with Crippen molar-refractivity contribution >= 4 is 5.97 Å². The lowest BCUT2D eigenvalue weighted by atomic mass is 9.78. The van der Waals surface area contributed by atoms with E-state index in [9.17, 15) is 4.79 Å². The zero-order valence-corrected chi connectivity index (χ0v) is 17.6. The normalized spacial score (nSPS) is 20.5. The summed E-state index contributed by atoms with van der Waals surface area (Å²) in [5, 5.41) is 0. The van der Waals surface area contributed by atoms with Gasteiger partial charge in [0.05, 0.1) is 5.56 Å². The molecule has 1 atom stereocenters. The highest BCUT2D eigenvalue weighted by molar-refractivity contribution is 5.91. The number of hydrogen-bond acceptors (Lipinski definition) is 2. The van der Waals surface area contributed by atoms with Crippen LogP contribution in [0.4, 0.5) is 0 Å². The van der Waals surface area contributed by atoms with Gasteiger partial charge in [-0.3, -0.25) is 0 Å². The van der Waals surface area contributed by atoms with Crippen molar-refractivity contribution in [1.82, 2.24) is 0 Å². The van der Waals surface area contributed by atoms with Crippen LogP contribution in [-0.4, -0.2) is 5.97 Å². The van der Waals surface area contributed by atoms with Gasteiger partial charge in [-0.2, -0.15) is 0 Å². The van der Waals surface area contributed by atoms with Crippen LogP contribution >= 0.6 is 0 Å². The van der Waals surface area contributed by atoms with Crippen LogP contribution < -0.4 is 4.74 Å². The van der Waals surface area contributed by atoms with E-state index >= 15 is 0 Å². The molecule has 0 bridgehead atoms. The molecule has 1 aliphatic rings. The number of esters is 1. The minimum absolute atomic E-state index is 0.286. The Hall–Kier alpha value is -2.09. The van der Waals surface area contributed by atoms with E-state index < -0.39 is 0 Å². The van der Waals surface area contributed by atoms with Crippen LogP contribution in [0.2, 0.25) is 0 Å². The highest BCUT2D eigenvalue weighted by Crippen LogP contribution is 2.37. The molecule has 0 radical (unpaired) electrons. The number of carbonyl (C=O) groups excluding carboxylic acids is 1. The van der Waals surface area contributed by atoms with Gasteiger partial charge >= 0.3 is 5.97 Å². The topological polar surface area (TPSA) is 26.3 Å². The first-order valence-electron chi connectivity index (χ1n) is 11.0. The van der Waals surface area contributed by atoms with Crippen molar-refractivity contribution in [3.05, 3.63) is 65.2 Å². The highest BCUT2D eigenvalue weighted by atomic mass is 16.5. The molecule has 0 heterocycles. The molecule has 2 aromatic carbocycles. The number of ether oxygens (including phenoxy) is 1. The smallest absolute Gasteiger partial charge is 0.343 e. The molecule has 2 aromatic rings. The summed E-state index contributed by atoms with van der Waals surface area (Å²) >= 11 is 0. The van der Waals surface area contributed by atoms with Gasteiger partial charge in [0.15, 0.2) is 0 Å². The van der Waals surface area contributed by atoms with Crippen LogP contribution in [0, 0.1) is 5.92 Å². The molecule has 150 valence electrons. The summed E-state index contributed by atoms with van der Waals surface area (Å²) in [5.74, 6) is 2.43. The molecule has 0 spiro atoms. The maximum absolute atomic E-state index is 12.5. The van der Waals surface area contributed by atoms with E-state index in [-0.39, 0.29) is 5.97 Å². The number of rotatable bonds is 7. The molecule has 0 N–H and O–H groups in total. The summed E-state index contributed by atoms with van der Waals surface area (Å²) in [6.45, 7) is 6.73. The average molecular weight is 379 g/mol. The second-order valence-electron chi connectivity index (χ2n) is 8.40. The molecule has 1 fully saturated rings. The molecule has 2 nitrogen and oxygen atoms in total. The van der Waals surface area contributed by atoms with Crippen molar-refractivity contribution in [1.29, 1.82) is 0 Å². The lowest BCUT2D eigenvalue weighted by molar-refractivity contribution is 0.0734. The van der Waals surface area contributed by atoms with E-state index in [1.807, 2.05) is 36.4 Å². The fourth-order valence-electron chi connectivity index (χ4n) is 4.43. The van der Waals surface area contributed by atoms with Gasteiger partial charge in [0.2, 0.25) is 0 Å². The predicted molar refractivity (Wildman–Crippen MR) is 116 cm³/mol. The summed E-state index contributed by atoms with van der Waals surface area (Å²) < 4.78 is 5.59. The van der Waals surface area contributed by atoms with Crippen molar-refractivity contribution in [3.63, 3.8) is 0 Å². The fraction of sp³-hybridized carbons (Fsp3) is 0.500. The monoisotopic (exact) mass is 378 g/mol. The van der Waals surface area contributed by atoms with Crippen LogP contribution in [-0.2, 0) is 0 Å². The van der Waals surface area contributed by atoms with E-state index in [4.69, 9.17) is 4.74 Å². The second-order valence-corrected chi connectivity index (χ2v) is 8.40. The van der Waals surface area contributed by atoms with Gasteiger partial charge in [0.1, 0.15) is 5.75 Å². The fourth-order valence-corrected chi connectivity index (χ4v) is 4.43. The Morgan fingerprint density at radius 2 is 1.61 bits per heavy atom. The summed E-state index contributed by atoms with van der Waals surface area (Å²) in [6, 6.07) is 16.0. The molecule has 28 heavy (non-hydrogen) atoms.